The molecule has 0 saturated carbocycles. The lowest BCUT2D eigenvalue weighted by molar-refractivity contribution is -0.385. The maximum Gasteiger partial charge on any atom is 0.330 e. The molecule has 0 bridgehead atoms. The second kappa shape index (κ2) is 4.86. The Bertz CT molecular complexity index is 677. The molecule has 0 unspecified atom stereocenters. The summed E-state index contributed by atoms with van der Waals surface area (Å²) in [5.41, 5.74) is -0.572. The lowest BCUT2D eigenvalue weighted by Crippen LogP contribution is -2.14. The summed E-state index contributed by atoms with van der Waals surface area (Å²) < 4.78 is 14.9. The Labute approximate surface area is 120 Å². The molecule has 0 fully saturated rings. The van der Waals surface area contributed by atoms with Gasteiger partial charge < -0.3 is 0 Å². The summed E-state index contributed by atoms with van der Waals surface area (Å²) in [4.78, 5) is 10.6. The van der Waals surface area contributed by atoms with Gasteiger partial charge in [-0.05, 0) is 12.1 Å². The first-order chi connectivity index (χ1) is 9.23. The van der Waals surface area contributed by atoms with Crippen molar-refractivity contribution in [2.75, 3.05) is 0 Å². The van der Waals surface area contributed by atoms with Crippen molar-refractivity contribution in [1.29, 1.82) is 0 Å². The van der Waals surface area contributed by atoms with Gasteiger partial charge in [-0.3, -0.25) is 10.1 Å². The van der Waals surface area contributed by atoms with Crippen LogP contribution in [0, 0.1) is 15.9 Å². The summed E-state index contributed by atoms with van der Waals surface area (Å²) in [5.74, 6) is -0.549. The van der Waals surface area contributed by atoms with E-state index >= 15 is 0 Å². The fourth-order valence-corrected chi connectivity index (χ4v) is 2.13. The average Bonchev–Trinajstić information content (AvgIpc) is 2.67. The van der Waals surface area contributed by atoms with Gasteiger partial charge in [0.25, 0.3) is 0 Å². The third-order valence-electron chi connectivity index (χ3n) is 2.78. The van der Waals surface area contributed by atoms with Crippen LogP contribution in [0.15, 0.2) is 24.3 Å². The van der Waals surface area contributed by atoms with E-state index in [9.17, 15) is 14.5 Å². The van der Waals surface area contributed by atoms with Crippen LogP contribution in [0.5, 0.6) is 0 Å². The van der Waals surface area contributed by atoms with E-state index in [1.54, 1.807) is 26.8 Å². The maximum atomic E-state index is 13.8. The van der Waals surface area contributed by atoms with Gasteiger partial charge in [-0.15, -0.1) is 0 Å². The molecule has 0 atom stereocenters. The van der Waals surface area contributed by atoms with E-state index in [0.717, 1.165) is 4.68 Å². The van der Waals surface area contributed by atoms with Crippen LogP contribution in [0.3, 0.4) is 0 Å². The third-order valence-corrected chi connectivity index (χ3v) is 3.12. The Hall–Kier alpha value is -1.95. The van der Waals surface area contributed by atoms with Crippen LogP contribution in [0.4, 0.5) is 10.1 Å². The molecular weight excluding hydrogens is 285 g/mol. The molecule has 5 nitrogen and oxygen atoms in total. The second-order valence-electron chi connectivity index (χ2n) is 5.36. The number of nitro groups is 1. The predicted molar refractivity (Wildman–Crippen MR) is 73.9 cm³/mol. The minimum Gasteiger partial charge on any atom is -0.258 e. The molecule has 0 spiro atoms. The summed E-state index contributed by atoms with van der Waals surface area (Å²) in [6, 6.07) is 5.84. The van der Waals surface area contributed by atoms with Crippen LogP contribution in [0.2, 0.25) is 5.15 Å². The van der Waals surface area contributed by atoms with Gasteiger partial charge >= 0.3 is 5.69 Å². The van der Waals surface area contributed by atoms with Crippen molar-refractivity contribution in [2.24, 2.45) is 0 Å². The number of nitrogens with zero attached hydrogens (tertiary/aromatic N) is 3. The van der Waals surface area contributed by atoms with E-state index in [1.807, 2.05) is 0 Å². The zero-order valence-corrected chi connectivity index (χ0v) is 12.0. The predicted octanol–water partition coefficient (Wildman–Crippen LogP) is 3.87. The lowest BCUT2D eigenvalue weighted by Gasteiger charge is -2.13. The van der Waals surface area contributed by atoms with E-state index in [4.69, 9.17) is 11.6 Å². The van der Waals surface area contributed by atoms with E-state index in [-0.39, 0.29) is 22.2 Å². The molecule has 1 aromatic heterocycles. The fraction of sp³-hybridized carbons (Fsp3) is 0.308. The highest BCUT2D eigenvalue weighted by Gasteiger charge is 2.34. The Balaban J connectivity index is 2.75. The lowest BCUT2D eigenvalue weighted by atomic mass is 9.91. The van der Waals surface area contributed by atoms with Crippen molar-refractivity contribution in [3.8, 4) is 5.69 Å². The Morgan fingerprint density at radius 1 is 1.35 bits per heavy atom. The minimum atomic E-state index is -0.590. The van der Waals surface area contributed by atoms with Gasteiger partial charge in [-0.25, -0.2) is 9.07 Å². The van der Waals surface area contributed by atoms with Gasteiger partial charge in [-0.2, -0.15) is 5.10 Å². The molecule has 7 heteroatoms. The molecule has 0 amide bonds. The molecule has 0 saturated heterocycles. The highest BCUT2D eigenvalue weighted by atomic mass is 35.5. The summed E-state index contributed by atoms with van der Waals surface area (Å²) in [6.45, 7) is 5.35. The summed E-state index contributed by atoms with van der Waals surface area (Å²) in [5, 5.41) is 15.1. The standard InChI is InChI=1S/C13H13ClFN3O2/c1-13(2,3)11-10(18(19)20)12(14)17(16-11)9-7-5-4-6-8(9)15/h4-7H,1-3H3. The molecule has 1 heterocycles. The van der Waals surface area contributed by atoms with Crippen molar-refractivity contribution in [3.05, 3.63) is 51.0 Å². The van der Waals surface area contributed by atoms with E-state index in [0.29, 0.717) is 0 Å². The molecule has 0 N–H and O–H groups in total. The van der Waals surface area contributed by atoms with Crippen molar-refractivity contribution < 1.29 is 9.31 Å². The molecule has 2 aromatic rings. The molecule has 0 aliphatic rings. The molecule has 0 aliphatic heterocycles. The molecule has 106 valence electrons. The SMILES string of the molecule is CC(C)(C)c1nn(-c2ccccc2F)c(Cl)c1[N+](=O)[O-]. The van der Waals surface area contributed by atoms with Gasteiger partial charge in [0.1, 0.15) is 17.2 Å². The largest absolute Gasteiger partial charge is 0.330 e. The van der Waals surface area contributed by atoms with Gasteiger partial charge in [-0.1, -0.05) is 44.5 Å². The number of hydrogen-bond donors (Lipinski definition) is 0. The van der Waals surface area contributed by atoms with Crippen LogP contribution in [0.25, 0.3) is 5.69 Å². The number of rotatable bonds is 2. The van der Waals surface area contributed by atoms with Crippen LogP contribution >= 0.6 is 11.6 Å². The first-order valence-corrected chi connectivity index (χ1v) is 6.29. The highest BCUT2D eigenvalue weighted by Crippen LogP contribution is 2.37. The van der Waals surface area contributed by atoms with E-state index in [2.05, 4.69) is 5.10 Å². The van der Waals surface area contributed by atoms with Gasteiger partial charge in [0.05, 0.1) is 4.92 Å². The fourth-order valence-electron chi connectivity index (χ4n) is 1.84. The molecule has 2 rings (SSSR count). The Morgan fingerprint density at radius 2 is 1.95 bits per heavy atom. The zero-order chi connectivity index (χ0) is 15.1. The monoisotopic (exact) mass is 297 g/mol. The van der Waals surface area contributed by atoms with Crippen molar-refractivity contribution >= 4 is 17.3 Å². The first-order valence-electron chi connectivity index (χ1n) is 5.91. The topological polar surface area (TPSA) is 61.0 Å². The minimum absolute atomic E-state index is 0.0797. The van der Waals surface area contributed by atoms with Crippen molar-refractivity contribution in [1.82, 2.24) is 9.78 Å². The van der Waals surface area contributed by atoms with E-state index < -0.39 is 16.2 Å². The van der Waals surface area contributed by atoms with E-state index in [1.165, 1.54) is 18.2 Å². The second-order valence-corrected chi connectivity index (χ2v) is 5.72. The summed E-state index contributed by atoms with van der Waals surface area (Å²) in [6.07, 6.45) is 0. The summed E-state index contributed by atoms with van der Waals surface area (Å²) >= 11 is 6.03. The molecule has 0 aliphatic carbocycles. The molecule has 20 heavy (non-hydrogen) atoms. The normalized spacial score (nSPS) is 11.7. The van der Waals surface area contributed by atoms with Crippen molar-refractivity contribution in [3.63, 3.8) is 0 Å². The van der Waals surface area contributed by atoms with Gasteiger partial charge in [0.2, 0.25) is 5.15 Å². The molecule has 1 aromatic carbocycles. The smallest absolute Gasteiger partial charge is 0.258 e. The number of hydrogen-bond acceptors (Lipinski definition) is 3. The van der Waals surface area contributed by atoms with Gasteiger partial charge in [0.15, 0.2) is 0 Å². The number of halogens is 2. The maximum absolute atomic E-state index is 13.8. The zero-order valence-electron chi connectivity index (χ0n) is 11.2. The molecule has 0 radical (unpaired) electrons. The van der Waals surface area contributed by atoms with Crippen LogP contribution in [-0.4, -0.2) is 14.7 Å². The van der Waals surface area contributed by atoms with Gasteiger partial charge in [0, 0.05) is 5.41 Å². The van der Waals surface area contributed by atoms with Crippen LogP contribution in [0.1, 0.15) is 26.5 Å². The average molecular weight is 298 g/mol. The van der Waals surface area contributed by atoms with Crippen molar-refractivity contribution in [2.45, 2.75) is 26.2 Å². The quantitative estimate of drug-likeness (QED) is 0.624. The highest BCUT2D eigenvalue weighted by molar-refractivity contribution is 6.32. The number of para-hydroxylation sites is 1. The summed E-state index contributed by atoms with van der Waals surface area (Å²) in [7, 11) is 0. The Morgan fingerprint density at radius 3 is 2.40 bits per heavy atom. The molecular formula is C13H13ClFN3O2. The Kier molecular flexibility index (Phi) is 3.52. The number of aromatic nitrogens is 2. The third kappa shape index (κ3) is 2.38. The van der Waals surface area contributed by atoms with Crippen LogP contribution in [-0.2, 0) is 5.41 Å². The van der Waals surface area contributed by atoms with Crippen LogP contribution < -0.4 is 0 Å². The number of benzene rings is 1. The first kappa shape index (κ1) is 14.5.